The molecule has 4 rings (SSSR count). The van der Waals surface area contributed by atoms with Crippen molar-refractivity contribution in [1.82, 2.24) is 5.16 Å². The summed E-state index contributed by atoms with van der Waals surface area (Å²) in [5.41, 5.74) is 4.28. The van der Waals surface area contributed by atoms with Gasteiger partial charge in [-0.05, 0) is 12.5 Å². The molecule has 134 valence electrons. The maximum absolute atomic E-state index is 12.7. The minimum atomic E-state index is -0.323. The summed E-state index contributed by atoms with van der Waals surface area (Å²) in [5.74, 6) is -0.129. The first-order chi connectivity index (χ1) is 13.2. The molecule has 0 radical (unpaired) electrons. The minimum Gasteiger partial charge on any atom is -0.338 e. The van der Waals surface area contributed by atoms with Crippen molar-refractivity contribution < 1.29 is 9.09 Å². The summed E-state index contributed by atoms with van der Waals surface area (Å²) in [5, 5.41) is 2.84. The Labute approximate surface area is 157 Å². The van der Waals surface area contributed by atoms with Crippen molar-refractivity contribution in [3.05, 3.63) is 112 Å². The van der Waals surface area contributed by atoms with Crippen molar-refractivity contribution in [3.63, 3.8) is 0 Å². The predicted molar refractivity (Wildman–Crippen MR) is 104 cm³/mol. The van der Waals surface area contributed by atoms with Crippen molar-refractivity contribution >= 4 is 0 Å². The van der Waals surface area contributed by atoms with E-state index in [-0.39, 0.29) is 11.5 Å². The molecule has 27 heavy (non-hydrogen) atoms. The SMILES string of the molecule is Cc1ccc(C(C[n+]2ccccc2)c2c(-c3ccccc3)[nH]oc2=O)cc1. The molecule has 4 heteroatoms. The summed E-state index contributed by atoms with van der Waals surface area (Å²) in [6.07, 6.45) is 4.02. The summed E-state index contributed by atoms with van der Waals surface area (Å²) in [4.78, 5) is 12.7. The van der Waals surface area contributed by atoms with Gasteiger partial charge in [-0.3, -0.25) is 0 Å². The van der Waals surface area contributed by atoms with E-state index >= 15 is 0 Å². The van der Waals surface area contributed by atoms with E-state index in [4.69, 9.17) is 4.52 Å². The number of nitrogens with one attached hydrogen (secondary N) is 1. The number of benzene rings is 2. The van der Waals surface area contributed by atoms with Crippen molar-refractivity contribution in [2.45, 2.75) is 19.4 Å². The van der Waals surface area contributed by atoms with Crippen LogP contribution in [0, 0.1) is 6.92 Å². The van der Waals surface area contributed by atoms with Gasteiger partial charge in [0.2, 0.25) is 0 Å². The first-order valence-corrected chi connectivity index (χ1v) is 9.00. The van der Waals surface area contributed by atoms with Crippen LogP contribution in [0.15, 0.2) is 94.5 Å². The van der Waals surface area contributed by atoms with Crippen LogP contribution in [0.1, 0.15) is 22.6 Å². The van der Waals surface area contributed by atoms with Crippen LogP contribution in [0.4, 0.5) is 0 Å². The summed E-state index contributed by atoms with van der Waals surface area (Å²) < 4.78 is 7.31. The molecule has 0 fully saturated rings. The van der Waals surface area contributed by atoms with E-state index in [1.165, 1.54) is 5.56 Å². The van der Waals surface area contributed by atoms with E-state index in [9.17, 15) is 4.79 Å². The molecule has 4 aromatic rings. The molecule has 1 N–H and O–H groups in total. The number of hydrogen-bond donors (Lipinski definition) is 1. The molecule has 1 atom stereocenters. The molecule has 0 saturated carbocycles. The van der Waals surface area contributed by atoms with E-state index in [1.54, 1.807) is 0 Å². The van der Waals surface area contributed by atoms with Gasteiger partial charge in [-0.1, -0.05) is 66.2 Å². The summed E-state index contributed by atoms with van der Waals surface area (Å²) in [7, 11) is 0. The largest absolute Gasteiger partial charge is 0.361 e. The van der Waals surface area contributed by atoms with Gasteiger partial charge in [-0.25, -0.2) is 14.5 Å². The van der Waals surface area contributed by atoms with E-state index in [0.29, 0.717) is 12.1 Å². The zero-order valence-corrected chi connectivity index (χ0v) is 15.1. The lowest BCUT2D eigenvalue weighted by molar-refractivity contribution is -0.698. The molecular weight excluding hydrogens is 336 g/mol. The van der Waals surface area contributed by atoms with Gasteiger partial charge in [0, 0.05) is 17.7 Å². The van der Waals surface area contributed by atoms with Crippen LogP contribution in [0.2, 0.25) is 0 Å². The van der Waals surface area contributed by atoms with E-state index in [0.717, 1.165) is 16.8 Å². The lowest BCUT2D eigenvalue weighted by Gasteiger charge is -2.14. The van der Waals surface area contributed by atoms with Gasteiger partial charge in [-0.15, -0.1) is 0 Å². The van der Waals surface area contributed by atoms with Crippen molar-refractivity contribution in [2.24, 2.45) is 0 Å². The van der Waals surface area contributed by atoms with Gasteiger partial charge in [-0.2, -0.15) is 0 Å². The number of aromatic amines is 1. The number of aromatic nitrogens is 2. The van der Waals surface area contributed by atoms with Crippen LogP contribution in [-0.2, 0) is 6.54 Å². The molecule has 2 aromatic carbocycles. The van der Waals surface area contributed by atoms with Crippen molar-refractivity contribution in [2.75, 3.05) is 0 Å². The highest BCUT2D eigenvalue weighted by Crippen LogP contribution is 2.30. The van der Waals surface area contributed by atoms with Crippen LogP contribution in [0.5, 0.6) is 0 Å². The highest BCUT2D eigenvalue weighted by atomic mass is 16.5. The molecule has 0 spiro atoms. The summed E-state index contributed by atoms with van der Waals surface area (Å²) in [6, 6.07) is 24.1. The lowest BCUT2D eigenvalue weighted by atomic mass is 9.89. The number of rotatable bonds is 5. The summed E-state index contributed by atoms with van der Waals surface area (Å²) >= 11 is 0. The maximum atomic E-state index is 12.7. The van der Waals surface area contributed by atoms with Gasteiger partial charge < -0.3 is 4.52 Å². The molecule has 0 amide bonds. The number of pyridine rings is 1. The van der Waals surface area contributed by atoms with Crippen LogP contribution < -0.4 is 10.2 Å². The van der Waals surface area contributed by atoms with E-state index < -0.39 is 0 Å². The second-order valence-electron chi connectivity index (χ2n) is 6.68. The van der Waals surface area contributed by atoms with Crippen LogP contribution in [0.3, 0.4) is 0 Å². The van der Waals surface area contributed by atoms with Gasteiger partial charge in [0.05, 0.1) is 17.2 Å². The van der Waals surface area contributed by atoms with Gasteiger partial charge >= 0.3 is 5.63 Å². The smallest absolute Gasteiger partial charge is 0.338 e. The molecule has 0 aliphatic heterocycles. The fourth-order valence-electron chi connectivity index (χ4n) is 3.37. The first-order valence-electron chi connectivity index (χ1n) is 9.00. The topological polar surface area (TPSA) is 49.9 Å². The average Bonchev–Trinajstić information content (AvgIpc) is 3.10. The Bertz CT molecular complexity index is 1060. The van der Waals surface area contributed by atoms with Crippen LogP contribution in [0.25, 0.3) is 11.3 Å². The maximum Gasteiger partial charge on any atom is 0.361 e. The van der Waals surface area contributed by atoms with Crippen LogP contribution >= 0.6 is 0 Å². The van der Waals surface area contributed by atoms with Crippen molar-refractivity contribution in [1.29, 1.82) is 0 Å². The number of hydrogen-bond acceptors (Lipinski definition) is 2. The van der Waals surface area contributed by atoms with Gasteiger partial charge in [0.25, 0.3) is 0 Å². The highest BCUT2D eigenvalue weighted by Gasteiger charge is 2.28. The fraction of sp³-hybridized carbons (Fsp3) is 0.130. The van der Waals surface area contributed by atoms with E-state index in [1.807, 2.05) is 60.9 Å². The lowest BCUT2D eigenvalue weighted by Crippen LogP contribution is -2.37. The standard InChI is InChI=1S/C23H20N2O2/c1-17-10-12-18(13-11-17)20(16-25-14-6-3-7-15-25)21-22(24-27-23(21)26)19-8-4-2-5-9-19/h2-15,20H,16H2,1H3/p+1. The molecule has 0 saturated heterocycles. The minimum absolute atomic E-state index is 0.129. The highest BCUT2D eigenvalue weighted by molar-refractivity contribution is 5.63. The van der Waals surface area contributed by atoms with E-state index in [2.05, 4.69) is 40.9 Å². The van der Waals surface area contributed by atoms with Crippen LogP contribution in [-0.4, -0.2) is 5.16 Å². The monoisotopic (exact) mass is 357 g/mol. The Morgan fingerprint density at radius 1 is 0.926 bits per heavy atom. The molecule has 0 aliphatic carbocycles. The predicted octanol–water partition coefficient (Wildman–Crippen LogP) is 4.06. The Balaban J connectivity index is 1.85. The molecule has 2 heterocycles. The molecule has 2 aromatic heterocycles. The second-order valence-corrected chi connectivity index (χ2v) is 6.68. The number of H-pyrrole nitrogens is 1. The molecule has 1 unspecified atom stereocenters. The Kier molecular flexibility index (Phi) is 4.71. The fourth-order valence-corrected chi connectivity index (χ4v) is 3.37. The van der Waals surface area contributed by atoms with Gasteiger partial charge in [0.1, 0.15) is 0 Å². The third-order valence-electron chi connectivity index (χ3n) is 4.80. The zero-order chi connectivity index (χ0) is 18.6. The van der Waals surface area contributed by atoms with Crippen molar-refractivity contribution in [3.8, 4) is 11.3 Å². The molecule has 0 aliphatic rings. The third-order valence-corrected chi connectivity index (χ3v) is 4.80. The Morgan fingerprint density at radius 3 is 2.30 bits per heavy atom. The third kappa shape index (κ3) is 3.60. The Hall–Kier alpha value is -3.40. The van der Waals surface area contributed by atoms with Gasteiger partial charge in [0.15, 0.2) is 18.9 Å². The number of aryl methyl sites for hydroxylation is 1. The molecule has 4 nitrogen and oxygen atoms in total. The first kappa shape index (κ1) is 17.0. The number of nitrogens with zero attached hydrogens (tertiary/aromatic N) is 1. The average molecular weight is 357 g/mol. The molecular formula is C23H21N2O2+. The zero-order valence-electron chi connectivity index (χ0n) is 15.1. The normalized spacial score (nSPS) is 12.0. The quantitative estimate of drug-likeness (QED) is 0.548. The second kappa shape index (κ2) is 7.46. The molecule has 0 bridgehead atoms. The Morgan fingerprint density at radius 2 is 1.59 bits per heavy atom. The summed E-state index contributed by atoms with van der Waals surface area (Å²) in [6.45, 7) is 2.71.